The van der Waals surface area contributed by atoms with Crippen LogP contribution in [0.2, 0.25) is 0 Å². The van der Waals surface area contributed by atoms with Gasteiger partial charge < -0.3 is 13.7 Å². The van der Waals surface area contributed by atoms with Crippen LogP contribution in [0.3, 0.4) is 0 Å². The van der Waals surface area contributed by atoms with Gasteiger partial charge in [0.05, 0.1) is 6.26 Å². The van der Waals surface area contributed by atoms with Crippen molar-refractivity contribution in [1.29, 1.82) is 0 Å². The van der Waals surface area contributed by atoms with Crippen molar-refractivity contribution in [3.05, 3.63) is 64.9 Å². The first kappa shape index (κ1) is 15.2. The maximum atomic E-state index is 11.6. The van der Waals surface area contributed by atoms with Gasteiger partial charge in [0.2, 0.25) is 5.82 Å². The van der Waals surface area contributed by atoms with E-state index in [9.17, 15) is 4.79 Å². The van der Waals surface area contributed by atoms with Crippen molar-refractivity contribution in [2.75, 3.05) is 0 Å². The molecule has 0 N–H and O–H groups in total. The number of esters is 1. The van der Waals surface area contributed by atoms with Crippen LogP contribution in [0.1, 0.15) is 11.7 Å². The maximum absolute atomic E-state index is 11.6. The highest BCUT2D eigenvalue weighted by atomic mass is 79.9. The number of halogens is 1. The Morgan fingerprint density at radius 2 is 2.22 bits per heavy atom. The Balaban J connectivity index is 1.58. The topological polar surface area (TPSA) is 78.4 Å². The zero-order chi connectivity index (χ0) is 16.1. The Labute approximate surface area is 139 Å². The normalized spacial score (nSPS) is 11.0. The molecule has 0 atom stereocenters. The lowest BCUT2D eigenvalue weighted by Gasteiger charge is -1.96. The van der Waals surface area contributed by atoms with Crippen molar-refractivity contribution in [1.82, 2.24) is 10.1 Å². The molecule has 3 rings (SSSR count). The van der Waals surface area contributed by atoms with Crippen LogP contribution >= 0.6 is 15.9 Å². The van der Waals surface area contributed by atoms with E-state index in [4.69, 9.17) is 13.7 Å². The quantitative estimate of drug-likeness (QED) is 0.498. The van der Waals surface area contributed by atoms with Crippen LogP contribution in [0, 0.1) is 0 Å². The molecule has 0 unspecified atom stereocenters. The molecule has 6 nitrogen and oxygen atoms in total. The van der Waals surface area contributed by atoms with Crippen molar-refractivity contribution in [3.8, 4) is 11.4 Å². The van der Waals surface area contributed by atoms with Crippen molar-refractivity contribution in [3.63, 3.8) is 0 Å². The van der Waals surface area contributed by atoms with E-state index in [1.807, 2.05) is 24.3 Å². The summed E-state index contributed by atoms with van der Waals surface area (Å²) < 4.78 is 16.1. The van der Waals surface area contributed by atoms with Gasteiger partial charge in [0.15, 0.2) is 6.61 Å². The first-order valence-electron chi connectivity index (χ1n) is 6.67. The second kappa shape index (κ2) is 7.06. The third-order valence-electron chi connectivity index (χ3n) is 2.82. The van der Waals surface area contributed by atoms with E-state index in [-0.39, 0.29) is 12.5 Å². The Morgan fingerprint density at radius 3 is 3.00 bits per heavy atom. The van der Waals surface area contributed by atoms with E-state index in [2.05, 4.69) is 26.1 Å². The van der Waals surface area contributed by atoms with E-state index in [1.165, 1.54) is 18.4 Å². The number of carbonyl (C=O) groups excluding carboxylic acids is 1. The van der Waals surface area contributed by atoms with Gasteiger partial charge >= 0.3 is 5.97 Å². The van der Waals surface area contributed by atoms with Crippen LogP contribution in [-0.2, 0) is 16.1 Å². The molecule has 0 bridgehead atoms. The van der Waals surface area contributed by atoms with Crippen LogP contribution in [-0.4, -0.2) is 16.1 Å². The molecule has 116 valence electrons. The molecule has 0 saturated heterocycles. The summed E-state index contributed by atoms with van der Waals surface area (Å²) in [5, 5.41) is 3.86. The SMILES string of the molecule is O=C(/C=C/c1ccco1)OCc1nc(-c2cccc(Br)c2)no1. The molecular weight excluding hydrogens is 364 g/mol. The predicted molar refractivity (Wildman–Crippen MR) is 85.0 cm³/mol. The molecule has 0 aliphatic heterocycles. The maximum Gasteiger partial charge on any atom is 0.331 e. The van der Waals surface area contributed by atoms with Gasteiger partial charge in [-0.15, -0.1) is 0 Å². The molecule has 0 spiro atoms. The van der Waals surface area contributed by atoms with Crippen LogP contribution in [0.5, 0.6) is 0 Å². The minimum Gasteiger partial charge on any atom is -0.465 e. The van der Waals surface area contributed by atoms with Gasteiger partial charge in [-0.1, -0.05) is 33.2 Å². The highest BCUT2D eigenvalue weighted by molar-refractivity contribution is 9.10. The molecule has 0 saturated carbocycles. The van der Waals surface area contributed by atoms with Gasteiger partial charge in [-0.05, 0) is 30.3 Å². The summed E-state index contributed by atoms with van der Waals surface area (Å²) in [7, 11) is 0. The molecule has 0 amide bonds. The van der Waals surface area contributed by atoms with Crippen LogP contribution in [0.25, 0.3) is 17.5 Å². The first-order valence-corrected chi connectivity index (χ1v) is 7.47. The number of ether oxygens (including phenoxy) is 1. The zero-order valence-electron chi connectivity index (χ0n) is 11.8. The lowest BCUT2D eigenvalue weighted by Crippen LogP contribution is -2.00. The lowest BCUT2D eigenvalue weighted by atomic mass is 10.2. The number of carbonyl (C=O) groups is 1. The van der Waals surface area contributed by atoms with Crippen molar-refractivity contribution in [2.24, 2.45) is 0 Å². The number of benzene rings is 1. The summed E-state index contributed by atoms with van der Waals surface area (Å²) >= 11 is 3.38. The smallest absolute Gasteiger partial charge is 0.331 e. The standard InChI is InChI=1S/C16H11BrN2O4/c17-12-4-1-3-11(9-12)16-18-14(23-19-16)10-22-15(20)7-6-13-5-2-8-21-13/h1-9H,10H2/b7-6+. The number of rotatable bonds is 5. The Hall–Kier alpha value is -2.67. The summed E-state index contributed by atoms with van der Waals surface area (Å²) in [6, 6.07) is 11.0. The fourth-order valence-corrected chi connectivity index (χ4v) is 2.17. The molecular formula is C16H11BrN2O4. The molecule has 0 aliphatic carbocycles. The number of furan rings is 1. The molecule has 2 heterocycles. The second-order valence-corrected chi connectivity index (χ2v) is 5.39. The van der Waals surface area contributed by atoms with E-state index >= 15 is 0 Å². The second-order valence-electron chi connectivity index (χ2n) is 4.48. The van der Waals surface area contributed by atoms with Gasteiger partial charge in [-0.2, -0.15) is 4.98 Å². The fourth-order valence-electron chi connectivity index (χ4n) is 1.78. The summed E-state index contributed by atoms with van der Waals surface area (Å²) in [5.74, 6) is 0.698. The molecule has 1 aromatic carbocycles. The third kappa shape index (κ3) is 4.17. The molecule has 23 heavy (non-hydrogen) atoms. The van der Waals surface area contributed by atoms with Gasteiger partial charge in [0.1, 0.15) is 5.76 Å². The number of aromatic nitrogens is 2. The number of nitrogens with zero attached hydrogens (tertiary/aromatic N) is 2. The van der Waals surface area contributed by atoms with Crippen molar-refractivity contribution in [2.45, 2.75) is 6.61 Å². The van der Waals surface area contributed by atoms with Crippen LogP contribution in [0.4, 0.5) is 0 Å². The Morgan fingerprint density at radius 1 is 1.30 bits per heavy atom. The van der Waals surface area contributed by atoms with Gasteiger partial charge in [0, 0.05) is 16.1 Å². The highest BCUT2D eigenvalue weighted by Crippen LogP contribution is 2.20. The lowest BCUT2D eigenvalue weighted by molar-refractivity contribution is -0.139. The molecule has 0 aliphatic rings. The molecule has 7 heteroatoms. The summed E-state index contributed by atoms with van der Waals surface area (Å²) in [6.07, 6.45) is 4.31. The fraction of sp³-hybridized carbons (Fsp3) is 0.0625. The van der Waals surface area contributed by atoms with E-state index in [1.54, 1.807) is 12.1 Å². The molecule has 0 fully saturated rings. The predicted octanol–water partition coefficient (Wildman–Crippen LogP) is 3.85. The van der Waals surface area contributed by atoms with Gasteiger partial charge in [-0.25, -0.2) is 4.79 Å². The largest absolute Gasteiger partial charge is 0.465 e. The summed E-state index contributed by atoms with van der Waals surface area (Å²) in [6.45, 7) is -0.0949. The minimum absolute atomic E-state index is 0.0949. The van der Waals surface area contributed by atoms with E-state index in [0.717, 1.165) is 10.0 Å². The van der Waals surface area contributed by atoms with Crippen LogP contribution < -0.4 is 0 Å². The third-order valence-corrected chi connectivity index (χ3v) is 3.31. The Bertz CT molecular complexity index is 824. The number of hydrogen-bond acceptors (Lipinski definition) is 6. The molecule has 3 aromatic rings. The van der Waals surface area contributed by atoms with E-state index < -0.39 is 5.97 Å². The van der Waals surface area contributed by atoms with E-state index in [0.29, 0.717) is 11.6 Å². The zero-order valence-corrected chi connectivity index (χ0v) is 13.4. The average Bonchev–Trinajstić information content (AvgIpc) is 3.22. The van der Waals surface area contributed by atoms with Gasteiger partial charge in [-0.3, -0.25) is 0 Å². The van der Waals surface area contributed by atoms with Crippen LogP contribution in [0.15, 0.2) is 62.2 Å². The summed E-state index contributed by atoms with van der Waals surface area (Å²) in [4.78, 5) is 15.8. The molecule has 0 radical (unpaired) electrons. The van der Waals surface area contributed by atoms with Crippen molar-refractivity contribution < 1.29 is 18.5 Å². The monoisotopic (exact) mass is 374 g/mol. The number of hydrogen-bond donors (Lipinski definition) is 0. The minimum atomic E-state index is -0.524. The van der Waals surface area contributed by atoms with Gasteiger partial charge in [0.25, 0.3) is 5.89 Å². The average molecular weight is 375 g/mol. The Kier molecular flexibility index (Phi) is 4.68. The van der Waals surface area contributed by atoms with Crippen molar-refractivity contribution >= 4 is 28.0 Å². The molecule has 2 aromatic heterocycles. The summed E-state index contributed by atoms with van der Waals surface area (Å²) in [5.41, 5.74) is 0.804. The highest BCUT2D eigenvalue weighted by Gasteiger charge is 2.10. The first-order chi connectivity index (χ1) is 11.2.